The van der Waals surface area contributed by atoms with Crippen molar-refractivity contribution in [1.82, 2.24) is 9.78 Å². The third-order valence-corrected chi connectivity index (χ3v) is 6.29. The van der Waals surface area contributed by atoms with Gasteiger partial charge in [0.15, 0.2) is 9.84 Å². The minimum Gasteiger partial charge on any atom is -0.481 e. The molecule has 0 amide bonds. The lowest BCUT2D eigenvalue weighted by Crippen LogP contribution is -2.33. The highest BCUT2D eigenvalue weighted by atomic mass is 32.2. The summed E-state index contributed by atoms with van der Waals surface area (Å²) in [4.78, 5) is 10.7. The normalized spacial score (nSPS) is 24.9. The standard InChI is InChI=1S/C12H18N2O4S2/c1-3-9-6-10(19-7-11(15)16)14(13-9)12(2)4-5-20(17,18)8-12/h6H,3-5,7-8H2,1-2H3,(H,15,16). The second-order valence-corrected chi connectivity index (χ2v) is 8.44. The molecule has 1 unspecified atom stereocenters. The van der Waals surface area contributed by atoms with Crippen LogP contribution in [0.4, 0.5) is 0 Å². The van der Waals surface area contributed by atoms with E-state index in [1.807, 2.05) is 19.9 Å². The lowest BCUT2D eigenvalue weighted by atomic mass is 10.0. The number of rotatable bonds is 5. The first-order chi connectivity index (χ1) is 9.26. The van der Waals surface area contributed by atoms with E-state index >= 15 is 0 Å². The van der Waals surface area contributed by atoms with E-state index in [1.54, 1.807) is 4.68 Å². The first kappa shape index (κ1) is 15.4. The SMILES string of the molecule is CCc1cc(SCC(=O)O)n(C2(C)CCS(=O)(=O)C2)n1. The monoisotopic (exact) mass is 318 g/mol. The summed E-state index contributed by atoms with van der Waals surface area (Å²) in [6.07, 6.45) is 1.25. The van der Waals surface area contributed by atoms with Gasteiger partial charge >= 0.3 is 5.97 Å². The number of aryl methyl sites for hydroxylation is 1. The smallest absolute Gasteiger partial charge is 0.313 e. The fourth-order valence-corrected chi connectivity index (χ4v) is 5.35. The molecule has 2 rings (SSSR count). The van der Waals surface area contributed by atoms with Crippen LogP contribution in [0.1, 0.15) is 26.0 Å². The van der Waals surface area contributed by atoms with Crippen LogP contribution in [0.25, 0.3) is 0 Å². The molecule has 0 aliphatic carbocycles. The van der Waals surface area contributed by atoms with E-state index in [-0.39, 0.29) is 17.3 Å². The lowest BCUT2D eigenvalue weighted by Gasteiger charge is -2.25. The van der Waals surface area contributed by atoms with Gasteiger partial charge in [-0.2, -0.15) is 5.10 Å². The molecule has 6 nitrogen and oxygen atoms in total. The molecule has 8 heteroatoms. The van der Waals surface area contributed by atoms with Gasteiger partial charge in [0, 0.05) is 0 Å². The molecular weight excluding hydrogens is 300 g/mol. The Balaban J connectivity index is 2.34. The van der Waals surface area contributed by atoms with Gasteiger partial charge in [-0.3, -0.25) is 9.48 Å². The van der Waals surface area contributed by atoms with Crippen LogP contribution in [0.5, 0.6) is 0 Å². The quantitative estimate of drug-likeness (QED) is 0.819. The van der Waals surface area contributed by atoms with Gasteiger partial charge in [-0.1, -0.05) is 18.7 Å². The second-order valence-electron chi connectivity index (χ2n) is 5.26. The predicted molar refractivity (Wildman–Crippen MR) is 76.9 cm³/mol. The van der Waals surface area contributed by atoms with Crippen molar-refractivity contribution < 1.29 is 18.3 Å². The Morgan fingerprint density at radius 3 is 2.80 bits per heavy atom. The van der Waals surface area contributed by atoms with E-state index in [2.05, 4.69) is 5.10 Å². The lowest BCUT2D eigenvalue weighted by molar-refractivity contribution is -0.133. The molecule has 112 valence electrons. The van der Waals surface area contributed by atoms with Gasteiger partial charge in [-0.05, 0) is 25.8 Å². The first-order valence-electron chi connectivity index (χ1n) is 6.40. The van der Waals surface area contributed by atoms with Crippen LogP contribution in [-0.2, 0) is 26.6 Å². The molecule has 0 saturated carbocycles. The number of hydrogen-bond donors (Lipinski definition) is 1. The van der Waals surface area contributed by atoms with E-state index in [4.69, 9.17) is 5.11 Å². The second kappa shape index (κ2) is 5.40. The Labute approximate surface area is 122 Å². The molecule has 0 aromatic carbocycles. The van der Waals surface area contributed by atoms with Gasteiger partial charge in [0.2, 0.25) is 0 Å². The van der Waals surface area contributed by atoms with Gasteiger partial charge in [-0.15, -0.1) is 0 Å². The molecule has 0 bridgehead atoms. The van der Waals surface area contributed by atoms with Crippen LogP contribution >= 0.6 is 11.8 Å². The van der Waals surface area contributed by atoms with Crippen molar-refractivity contribution in [3.63, 3.8) is 0 Å². The summed E-state index contributed by atoms with van der Waals surface area (Å²) in [6.45, 7) is 3.83. The van der Waals surface area contributed by atoms with Crippen LogP contribution in [0.3, 0.4) is 0 Å². The summed E-state index contributed by atoms with van der Waals surface area (Å²) in [7, 11) is -3.03. The highest BCUT2D eigenvalue weighted by Crippen LogP contribution is 2.34. The van der Waals surface area contributed by atoms with E-state index in [0.29, 0.717) is 6.42 Å². The maximum Gasteiger partial charge on any atom is 0.313 e. The Kier molecular flexibility index (Phi) is 4.15. The average Bonchev–Trinajstić information content (AvgIpc) is 2.88. The third kappa shape index (κ3) is 3.17. The van der Waals surface area contributed by atoms with Crippen molar-refractivity contribution in [3.05, 3.63) is 11.8 Å². The van der Waals surface area contributed by atoms with Crippen molar-refractivity contribution in [2.75, 3.05) is 17.3 Å². The maximum atomic E-state index is 11.7. The Hall–Kier alpha value is -1.02. The number of carboxylic acid groups (broad SMARTS) is 1. The zero-order valence-corrected chi connectivity index (χ0v) is 13.1. The molecule has 1 N–H and O–H groups in total. The summed E-state index contributed by atoms with van der Waals surface area (Å²) in [6, 6.07) is 1.85. The molecule has 0 radical (unpaired) electrons. The summed E-state index contributed by atoms with van der Waals surface area (Å²) < 4.78 is 25.2. The number of hydrogen-bond acceptors (Lipinski definition) is 5. The van der Waals surface area contributed by atoms with Crippen LogP contribution in [0, 0.1) is 0 Å². The van der Waals surface area contributed by atoms with Crippen LogP contribution in [0.2, 0.25) is 0 Å². The molecule has 1 aromatic heterocycles. The minimum absolute atomic E-state index is 0.0579. The Morgan fingerprint density at radius 1 is 1.60 bits per heavy atom. The summed E-state index contributed by atoms with van der Waals surface area (Å²) in [5.41, 5.74) is 0.274. The Bertz CT molecular complexity index is 623. The van der Waals surface area contributed by atoms with E-state index in [1.165, 1.54) is 11.8 Å². The van der Waals surface area contributed by atoms with E-state index in [9.17, 15) is 13.2 Å². The highest BCUT2D eigenvalue weighted by molar-refractivity contribution is 7.99. The van der Waals surface area contributed by atoms with Crippen molar-refractivity contribution in [3.8, 4) is 0 Å². The molecule has 1 fully saturated rings. The topological polar surface area (TPSA) is 89.3 Å². The molecule has 1 aliphatic heterocycles. The highest BCUT2D eigenvalue weighted by Gasteiger charge is 2.41. The van der Waals surface area contributed by atoms with Gasteiger partial charge in [0.25, 0.3) is 0 Å². The molecule has 1 atom stereocenters. The molecule has 1 saturated heterocycles. The average molecular weight is 318 g/mol. The largest absolute Gasteiger partial charge is 0.481 e. The molecule has 2 heterocycles. The number of aliphatic carboxylic acids is 1. The minimum atomic E-state index is -3.03. The van der Waals surface area contributed by atoms with Gasteiger partial charge in [0.1, 0.15) is 0 Å². The van der Waals surface area contributed by atoms with Gasteiger partial charge < -0.3 is 5.11 Å². The van der Waals surface area contributed by atoms with Crippen molar-refractivity contribution in [2.24, 2.45) is 0 Å². The van der Waals surface area contributed by atoms with Crippen molar-refractivity contribution in [1.29, 1.82) is 0 Å². The molecule has 1 aliphatic rings. The summed E-state index contributed by atoms with van der Waals surface area (Å²) >= 11 is 1.18. The van der Waals surface area contributed by atoms with Crippen LogP contribution < -0.4 is 0 Å². The Morgan fingerprint density at radius 2 is 2.30 bits per heavy atom. The summed E-state index contributed by atoms with van der Waals surface area (Å²) in [5, 5.41) is 14.0. The first-order valence-corrected chi connectivity index (χ1v) is 9.21. The number of nitrogens with zero attached hydrogens (tertiary/aromatic N) is 2. The fraction of sp³-hybridized carbons (Fsp3) is 0.667. The molecule has 1 aromatic rings. The number of sulfone groups is 1. The van der Waals surface area contributed by atoms with Crippen molar-refractivity contribution in [2.45, 2.75) is 37.3 Å². The zero-order valence-electron chi connectivity index (χ0n) is 11.5. The van der Waals surface area contributed by atoms with Gasteiger partial charge in [-0.25, -0.2) is 8.42 Å². The third-order valence-electron chi connectivity index (χ3n) is 3.43. The van der Waals surface area contributed by atoms with Crippen molar-refractivity contribution >= 4 is 27.6 Å². The maximum absolute atomic E-state index is 11.7. The zero-order chi connectivity index (χ0) is 15.0. The number of carboxylic acids is 1. The predicted octanol–water partition coefficient (Wildman–Crippen LogP) is 1.16. The molecule has 20 heavy (non-hydrogen) atoms. The number of thioether (sulfide) groups is 1. The van der Waals surface area contributed by atoms with Crippen LogP contribution in [-0.4, -0.2) is 46.5 Å². The van der Waals surface area contributed by atoms with Gasteiger partial charge in [0.05, 0.1) is 33.5 Å². The number of aromatic nitrogens is 2. The molecular formula is C12H18N2O4S2. The van der Waals surface area contributed by atoms with Crippen LogP contribution in [0.15, 0.2) is 11.1 Å². The number of carbonyl (C=O) groups is 1. The fourth-order valence-electron chi connectivity index (χ4n) is 2.37. The molecule has 0 spiro atoms. The van der Waals surface area contributed by atoms with E-state index in [0.717, 1.165) is 17.1 Å². The summed E-state index contributed by atoms with van der Waals surface area (Å²) in [5.74, 6) is -0.734. The van der Waals surface area contributed by atoms with E-state index < -0.39 is 21.3 Å².